The van der Waals surface area contributed by atoms with Crippen molar-refractivity contribution in [2.45, 2.75) is 6.61 Å². The van der Waals surface area contributed by atoms with Gasteiger partial charge in [0.1, 0.15) is 18.1 Å². The van der Waals surface area contributed by atoms with E-state index in [1.165, 1.54) is 12.1 Å². The van der Waals surface area contributed by atoms with E-state index in [4.69, 9.17) is 16.3 Å². The number of hydrogen-bond donors (Lipinski definition) is 1. The molecule has 30 heavy (non-hydrogen) atoms. The largest absolute Gasteiger partial charge is 0.508 e. The molecule has 5 nitrogen and oxygen atoms in total. The van der Waals surface area contributed by atoms with Gasteiger partial charge in [0.15, 0.2) is 0 Å². The van der Waals surface area contributed by atoms with Crippen LogP contribution in [-0.4, -0.2) is 16.3 Å². The minimum Gasteiger partial charge on any atom is -0.508 e. The second kappa shape index (κ2) is 8.65. The van der Waals surface area contributed by atoms with Crippen LogP contribution in [0.3, 0.4) is 0 Å². The Kier molecular flexibility index (Phi) is 5.79. The number of halogens is 1. The van der Waals surface area contributed by atoms with E-state index in [0.717, 1.165) is 22.2 Å². The fourth-order valence-corrected chi connectivity index (χ4v) is 3.89. The molecule has 3 aromatic rings. The van der Waals surface area contributed by atoms with Crippen LogP contribution in [0.15, 0.2) is 77.7 Å². The Morgan fingerprint density at radius 2 is 1.77 bits per heavy atom. The van der Waals surface area contributed by atoms with E-state index in [9.17, 15) is 14.7 Å². The number of amides is 2. The molecule has 4 rings (SSSR count). The summed E-state index contributed by atoms with van der Waals surface area (Å²) in [6, 6.07) is 20.7. The second-order valence-corrected chi connectivity index (χ2v) is 7.92. The van der Waals surface area contributed by atoms with Gasteiger partial charge in [0.05, 0.1) is 10.6 Å². The third-order valence-corrected chi connectivity index (χ3v) is 5.52. The number of carbonyl (C=O) groups is 2. The van der Waals surface area contributed by atoms with Crippen molar-refractivity contribution in [1.29, 1.82) is 0 Å². The van der Waals surface area contributed by atoms with Crippen molar-refractivity contribution in [1.82, 2.24) is 0 Å². The van der Waals surface area contributed by atoms with Gasteiger partial charge in [-0.05, 0) is 53.7 Å². The van der Waals surface area contributed by atoms with Crippen molar-refractivity contribution in [2.24, 2.45) is 0 Å². The lowest BCUT2D eigenvalue weighted by Gasteiger charge is -2.12. The number of hydrogen-bond acceptors (Lipinski definition) is 5. The average Bonchev–Trinajstić information content (AvgIpc) is 3.01. The highest BCUT2D eigenvalue weighted by Crippen LogP contribution is 2.37. The standard InChI is InChI=1S/C23H16ClNO4S/c24-17-10-8-15(9-11-17)14-29-20-7-2-1-4-16(20)12-21-22(27)25(23(28)30-21)18-5-3-6-19(26)13-18/h1-13,26H,14H2. The molecule has 1 aliphatic heterocycles. The summed E-state index contributed by atoms with van der Waals surface area (Å²) in [5.41, 5.74) is 1.97. The summed E-state index contributed by atoms with van der Waals surface area (Å²) < 4.78 is 5.92. The quantitative estimate of drug-likeness (QED) is 0.506. The predicted octanol–water partition coefficient (Wildman–Crippen LogP) is 5.87. The van der Waals surface area contributed by atoms with E-state index in [2.05, 4.69) is 0 Å². The molecule has 1 heterocycles. The number of nitrogens with zero attached hydrogens (tertiary/aromatic N) is 1. The number of phenols is 1. The molecule has 0 bridgehead atoms. The van der Waals surface area contributed by atoms with Crippen molar-refractivity contribution < 1.29 is 19.4 Å². The summed E-state index contributed by atoms with van der Waals surface area (Å²) in [7, 11) is 0. The SMILES string of the molecule is O=C1SC(=Cc2ccccc2OCc2ccc(Cl)cc2)C(=O)N1c1cccc(O)c1. The summed E-state index contributed by atoms with van der Waals surface area (Å²) in [6.07, 6.45) is 1.64. The Balaban J connectivity index is 1.57. The number of ether oxygens (including phenoxy) is 1. The highest BCUT2D eigenvalue weighted by Gasteiger charge is 2.36. The lowest BCUT2D eigenvalue weighted by atomic mass is 10.1. The highest BCUT2D eigenvalue weighted by atomic mass is 35.5. The molecule has 1 fully saturated rings. The lowest BCUT2D eigenvalue weighted by Crippen LogP contribution is -2.27. The number of para-hydroxylation sites is 1. The number of anilines is 1. The van der Waals surface area contributed by atoms with Crippen molar-refractivity contribution in [3.63, 3.8) is 0 Å². The average molecular weight is 438 g/mol. The molecule has 3 aromatic carbocycles. The first-order chi connectivity index (χ1) is 14.5. The number of phenolic OH excluding ortho intramolecular Hbond substituents is 1. The molecule has 2 amide bonds. The summed E-state index contributed by atoms with van der Waals surface area (Å²) in [5, 5.41) is 9.89. The van der Waals surface area contributed by atoms with Crippen LogP contribution in [0.5, 0.6) is 11.5 Å². The summed E-state index contributed by atoms with van der Waals surface area (Å²) in [6.45, 7) is 0.340. The molecule has 0 aromatic heterocycles. The maximum absolute atomic E-state index is 12.8. The first-order valence-electron chi connectivity index (χ1n) is 9.04. The topological polar surface area (TPSA) is 66.8 Å². The third kappa shape index (κ3) is 4.35. The molecule has 0 aliphatic carbocycles. The molecule has 1 N–H and O–H groups in total. The number of benzene rings is 3. The van der Waals surface area contributed by atoms with Gasteiger partial charge >= 0.3 is 0 Å². The van der Waals surface area contributed by atoms with Crippen molar-refractivity contribution in [3.8, 4) is 11.5 Å². The number of carbonyl (C=O) groups excluding carboxylic acids is 2. The van der Waals surface area contributed by atoms with Crippen molar-refractivity contribution in [2.75, 3.05) is 4.90 Å². The zero-order chi connectivity index (χ0) is 21.1. The summed E-state index contributed by atoms with van der Waals surface area (Å²) in [5.74, 6) is 0.135. The van der Waals surface area contributed by atoms with E-state index in [0.29, 0.717) is 28.6 Å². The molecule has 0 spiro atoms. The molecule has 0 saturated carbocycles. The van der Waals surface area contributed by atoms with Crippen LogP contribution in [0.4, 0.5) is 10.5 Å². The van der Waals surface area contributed by atoms with Crippen LogP contribution < -0.4 is 9.64 Å². The molecule has 150 valence electrons. The number of aromatic hydroxyl groups is 1. The number of imide groups is 1. The van der Waals surface area contributed by atoms with Gasteiger partial charge in [0.2, 0.25) is 0 Å². The minimum absolute atomic E-state index is 0.0172. The molecular formula is C23H16ClNO4S. The highest BCUT2D eigenvalue weighted by molar-refractivity contribution is 8.19. The van der Waals surface area contributed by atoms with Crippen molar-refractivity contribution >= 4 is 46.3 Å². The minimum atomic E-state index is -0.442. The normalized spacial score (nSPS) is 15.1. The van der Waals surface area contributed by atoms with Crippen LogP contribution in [0.2, 0.25) is 5.02 Å². The van der Waals surface area contributed by atoms with Gasteiger partial charge in [0, 0.05) is 16.7 Å². The van der Waals surface area contributed by atoms with E-state index < -0.39 is 11.1 Å². The second-order valence-electron chi connectivity index (χ2n) is 6.49. The van der Waals surface area contributed by atoms with Crippen LogP contribution in [0, 0.1) is 0 Å². The number of thioether (sulfide) groups is 1. The molecule has 1 saturated heterocycles. The fraction of sp³-hybridized carbons (Fsp3) is 0.0435. The molecular weight excluding hydrogens is 422 g/mol. The zero-order valence-electron chi connectivity index (χ0n) is 15.6. The van der Waals surface area contributed by atoms with E-state index in [1.54, 1.807) is 36.4 Å². The van der Waals surface area contributed by atoms with Crippen LogP contribution in [0.1, 0.15) is 11.1 Å². The smallest absolute Gasteiger partial charge is 0.298 e. The molecule has 1 aliphatic rings. The fourth-order valence-electron chi connectivity index (χ4n) is 2.94. The monoisotopic (exact) mass is 437 g/mol. The van der Waals surface area contributed by atoms with Gasteiger partial charge in [-0.1, -0.05) is 48.0 Å². The molecule has 0 unspecified atom stereocenters. The van der Waals surface area contributed by atoms with Gasteiger partial charge in [-0.15, -0.1) is 0 Å². The van der Waals surface area contributed by atoms with Gasteiger partial charge in [-0.25, -0.2) is 4.90 Å². The first kappa shape index (κ1) is 20.1. The third-order valence-electron chi connectivity index (χ3n) is 4.39. The van der Waals surface area contributed by atoms with E-state index in [-0.39, 0.29) is 10.7 Å². The Hall–Kier alpha value is -3.22. The summed E-state index contributed by atoms with van der Waals surface area (Å²) >= 11 is 6.76. The Morgan fingerprint density at radius 3 is 2.53 bits per heavy atom. The molecule has 0 atom stereocenters. The Morgan fingerprint density at radius 1 is 1.00 bits per heavy atom. The zero-order valence-corrected chi connectivity index (χ0v) is 17.2. The van der Waals surface area contributed by atoms with Crippen LogP contribution in [0.25, 0.3) is 6.08 Å². The summed E-state index contributed by atoms with van der Waals surface area (Å²) in [4.78, 5) is 26.6. The molecule has 0 radical (unpaired) electrons. The Bertz CT molecular complexity index is 1140. The predicted molar refractivity (Wildman–Crippen MR) is 119 cm³/mol. The van der Waals surface area contributed by atoms with Crippen molar-refractivity contribution in [3.05, 3.63) is 93.9 Å². The van der Waals surface area contributed by atoms with E-state index in [1.807, 2.05) is 30.3 Å². The van der Waals surface area contributed by atoms with Gasteiger partial charge in [-0.3, -0.25) is 9.59 Å². The van der Waals surface area contributed by atoms with Gasteiger partial charge in [-0.2, -0.15) is 0 Å². The van der Waals surface area contributed by atoms with Crippen LogP contribution >= 0.6 is 23.4 Å². The van der Waals surface area contributed by atoms with Gasteiger partial charge in [0.25, 0.3) is 11.1 Å². The molecule has 7 heteroatoms. The lowest BCUT2D eigenvalue weighted by molar-refractivity contribution is -0.113. The maximum Gasteiger partial charge on any atom is 0.298 e. The van der Waals surface area contributed by atoms with Gasteiger partial charge < -0.3 is 9.84 Å². The van der Waals surface area contributed by atoms with E-state index >= 15 is 0 Å². The van der Waals surface area contributed by atoms with Crippen LogP contribution in [-0.2, 0) is 11.4 Å². The number of rotatable bonds is 5. The first-order valence-corrected chi connectivity index (χ1v) is 10.2. The maximum atomic E-state index is 12.8. The Labute approximate surface area is 182 Å².